The lowest BCUT2D eigenvalue weighted by Gasteiger charge is -2.12. The van der Waals surface area contributed by atoms with Crippen LogP contribution >= 0.6 is 0 Å². The lowest BCUT2D eigenvalue weighted by molar-refractivity contribution is 0.0697. The fourth-order valence-corrected chi connectivity index (χ4v) is 2.10. The van der Waals surface area contributed by atoms with Gasteiger partial charge in [-0.25, -0.2) is 4.79 Å². The number of hydrogen-bond donors (Lipinski definition) is 1. The van der Waals surface area contributed by atoms with Crippen LogP contribution in [0.2, 0.25) is 0 Å². The summed E-state index contributed by atoms with van der Waals surface area (Å²) < 4.78 is 5.73. The highest BCUT2D eigenvalue weighted by atomic mass is 16.5. The van der Waals surface area contributed by atoms with Crippen LogP contribution in [0.25, 0.3) is 11.6 Å². The Kier molecular flexibility index (Phi) is 5.75. The molecule has 0 saturated heterocycles. The van der Waals surface area contributed by atoms with E-state index in [2.05, 4.69) is 13.0 Å². The zero-order valence-electron chi connectivity index (χ0n) is 13.7. The summed E-state index contributed by atoms with van der Waals surface area (Å²) in [7, 11) is 0. The number of nitrogens with zero attached hydrogens (tertiary/aromatic N) is 1. The second-order valence-electron chi connectivity index (χ2n) is 5.46. The maximum absolute atomic E-state index is 10.9. The van der Waals surface area contributed by atoms with Crippen molar-refractivity contribution in [2.24, 2.45) is 0 Å². The third-order valence-corrected chi connectivity index (χ3v) is 3.67. The van der Waals surface area contributed by atoms with E-state index in [0.717, 1.165) is 17.7 Å². The first-order valence-corrected chi connectivity index (χ1v) is 7.75. The molecule has 0 aromatic heterocycles. The van der Waals surface area contributed by atoms with Crippen LogP contribution in [0.4, 0.5) is 0 Å². The minimum absolute atomic E-state index is 0.161. The monoisotopic (exact) mass is 321 g/mol. The largest absolute Gasteiger partial charge is 0.491 e. The van der Waals surface area contributed by atoms with E-state index in [4.69, 9.17) is 9.84 Å². The second-order valence-corrected chi connectivity index (χ2v) is 5.46. The van der Waals surface area contributed by atoms with Gasteiger partial charge in [-0.15, -0.1) is 0 Å². The minimum atomic E-state index is -0.985. The molecule has 0 radical (unpaired) electrons. The summed E-state index contributed by atoms with van der Waals surface area (Å²) in [6.07, 6.45) is 2.86. The average molecular weight is 321 g/mol. The fraction of sp³-hybridized carbons (Fsp3) is 0.200. The van der Waals surface area contributed by atoms with Gasteiger partial charge in [-0.1, -0.05) is 31.2 Å². The van der Waals surface area contributed by atoms with Gasteiger partial charge in [0.1, 0.15) is 5.75 Å². The Morgan fingerprint density at radius 1 is 1.17 bits per heavy atom. The number of aromatic carboxylic acids is 1. The van der Waals surface area contributed by atoms with Crippen LogP contribution in [0.3, 0.4) is 0 Å². The van der Waals surface area contributed by atoms with Crippen LogP contribution in [0.1, 0.15) is 41.8 Å². The quantitative estimate of drug-likeness (QED) is 0.622. The van der Waals surface area contributed by atoms with Crippen LogP contribution < -0.4 is 4.74 Å². The zero-order chi connectivity index (χ0) is 17.5. The molecule has 1 N–H and O–H groups in total. The van der Waals surface area contributed by atoms with Gasteiger partial charge in [0.15, 0.2) is 0 Å². The van der Waals surface area contributed by atoms with E-state index in [1.54, 1.807) is 18.2 Å². The van der Waals surface area contributed by atoms with Crippen molar-refractivity contribution < 1.29 is 14.6 Å². The highest BCUT2D eigenvalue weighted by molar-refractivity contribution is 5.92. The molecule has 0 heterocycles. The van der Waals surface area contributed by atoms with Gasteiger partial charge in [-0.3, -0.25) is 0 Å². The van der Waals surface area contributed by atoms with Crippen molar-refractivity contribution in [3.05, 3.63) is 65.2 Å². The van der Waals surface area contributed by atoms with Gasteiger partial charge in [0.25, 0.3) is 0 Å². The third-order valence-electron chi connectivity index (χ3n) is 3.67. The first-order chi connectivity index (χ1) is 11.5. The number of hydrogen-bond acceptors (Lipinski definition) is 3. The van der Waals surface area contributed by atoms with Gasteiger partial charge in [0.05, 0.1) is 23.3 Å². The van der Waals surface area contributed by atoms with Crippen LogP contribution in [-0.2, 0) is 0 Å². The summed E-state index contributed by atoms with van der Waals surface area (Å²) in [4.78, 5) is 10.9. The number of nitriles is 1. The molecule has 2 rings (SSSR count). The third kappa shape index (κ3) is 4.47. The number of allylic oxidation sites excluding steroid dienone is 1. The molecule has 0 bridgehead atoms. The van der Waals surface area contributed by atoms with Crippen molar-refractivity contribution in [1.82, 2.24) is 0 Å². The van der Waals surface area contributed by atoms with Crippen molar-refractivity contribution >= 4 is 17.6 Å². The fourth-order valence-electron chi connectivity index (χ4n) is 2.10. The molecule has 4 nitrogen and oxygen atoms in total. The summed E-state index contributed by atoms with van der Waals surface area (Å²) in [6.45, 7) is 4.08. The summed E-state index contributed by atoms with van der Waals surface area (Å²) in [5, 5.41) is 18.3. The van der Waals surface area contributed by atoms with Gasteiger partial charge >= 0.3 is 5.97 Å². The molecule has 2 aromatic carbocycles. The molecule has 1 atom stereocenters. The van der Waals surface area contributed by atoms with Crippen LogP contribution in [0.15, 0.2) is 48.5 Å². The van der Waals surface area contributed by atoms with E-state index >= 15 is 0 Å². The number of carbonyl (C=O) groups is 1. The SMILES string of the molecule is CCC(C)Oc1ccc(C=C(C#N)c2ccc(C(=O)O)cc2)cc1. The number of rotatable bonds is 6. The first-order valence-electron chi connectivity index (χ1n) is 7.75. The van der Waals surface area contributed by atoms with Crippen molar-refractivity contribution in [2.75, 3.05) is 0 Å². The summed E-state index contributed by atoms with van der Waals surface area (Å²) in [5.74, 6) is -0.188. The topological polar surface area (TPSA) is 70.3 Å². The van der Waals surface area contributed by atoms with Crippen molar-refractivity contribution in [2.45, 2.75) is 26.4 Å². The summed E-state index contributed by atoms with van der Waals surface area (Å²) >= 11 is 0. The molecule has 1 unspecified atom stereocenters. The Bertz CT molecular complexity index is 768. The number of benzene rings is 2. The number of ether oxygens (including phenoxy) is 1. The van der Waals surface area contributed by atoms with E-state index in [1.807, 2.05) is 31.2 Å². The zero-order valence-corrected chi connectivity index (χ0v) is 13.7. The number of carboxylic acid groups (broad SMARTS) is 1. The van der Waals surface area contributed by atoms with Gasteiger partial charge in [0, 0.05) is 0 Å². The molecular formula is C20H19NO3. The maximum atomic E-state index is 10.9. The second kappa shape index (κ2) is 7.98. The van der Waals surface area contributed by atoms with E-state index in [0.29, 0.717) is 11.1 Å². The summed E-state index contributed by atoms with van der Waals surface area (Å²) in [5.41, 5.74) is 2.23. The molecule has 4 heteroatoms. The highest BCUT2D eigenvalue weighted by Gasteiger charge is 2.06. The molecule has 0 amide bonds. The molecule has 122 valence electrons. The Balaban J connectivity index is 2.21. The normalized spacial score (nSPS) is 12.3. The molecule has 24 heavy (non-hydrogen) atoms. The summed E-state index contributed by atoms with van der Waals surface area (Å²) in [6, 6.07) is 15.9. The lowest BCUT2D eigenvalue weighted by atomic mass is 10.0. The molecule has 2 aromatic rings. The molecule has 0 saturated carbocycles. The predicted octanol–water partition coefficient (Wildman–Crippen LogP) is 4.63. The van der Waals surface area contributed by atoms with Crippen LogP contribution in [0.5, 0.6) is 5.75 Å². The van der Waals surface area contributed by atoms with E-state index in [1.165, 1.54) is 12.1 Å². The molecule has 0 aliphatic rings. The minimum Gasteiger partial charge on any atom is -0.491 e. The Hall–Kier alpha value is -3.06. The van der Waals surface area contributed by atoms with E-state index in [-0.39, 0.29) is 11.7 Å². The Labute approximate surface area is 141 Å². The van der Waals surface area contributed by atoms with Crippen molar-refractivity contribution in [1.29, 1.82) is 5.26 Å². The Morgan fingerprint density at radius 3 is 2.25 bits per heavy atom. The van der Waals surface area contributed by atoms with Gasteiger partial charge in [-0.05, 0) is 54.8 Å². The molecule has 0 aliphatic heterocycles. The average Bonchev–Trinajstić information content (AvgIpc) is 2.61. The van der Waals surface area contributed by atoms with Crippen LogP contribution in [0, 0.1) is 11.3 Å². The first kappa shape index (κ1) is 17.3. The molecule has 0 fully saturated rings. The van der Waals surface area contributed by atoms with Crippen molar-refractivity contribution in [3.8, 4) is 11.8 Å². The molecule has 0 spiro atoms. The molecular weight excluding hydrogens is 302 g/mol. The van der Waals surface area contributed by atoms with Crippen LogP contribution in [-0.4, -0.2) is 17.2 Å². The van der Waals surface area contributed by atoms with Gasteiger partial charge < -0.3 is 9.84 Å². The predicted molar refractivity (Wildman–Crippen MR) is 93.7 cm³/mol. The molecule has 0 aliphatic carbocycles. The van der Waals surface area contributed by atoms with E-state index in [9.17, 15) is 10.1 Å². The standard InChI is InChI=1S/C20H19NO3/c1-3-14(2)24-19-10-4-15(5-11-19)12-18(13-21)16-6-8-17(9-7-16)20(22)23/h4-12,14H,3H2,1-2H3,(H,22,23). The highest BCUT2D eigenvalue weighted by Crippen LogP contribution is 2.21. The Morgan fingerprint density at radius 2 is 1.75 bits per heavy atom. The van der Waals surface area contributed by atoms with Gasteiger partial charge in [0.2, 0.25) is 0 Å². The van der Waals surface area contributed by atoms with Gasteiger partial charge in [-0.2, -0.15) is 5.26 Å². The lowest BCUT2D eigenvalue weighted by Crippen LogP contribution is -2.09. The smallest absolute Gasteiger partial charge is 0.335 e. The maximum Gasteiger partial charge on any atom is 0.335 e. The van der Waals surface area contributed by atoms with Crippen molar-refractivity contribution in [3.63, 3.8) is 0 Å². The van der Waals surface area contributed by atoms with E-state index < -0.39 is 5.97 Å². The number of carboxylic acids is 1.